The summed E-state index contributed by atoms with van der Waals surface area (Å²) in [6.07, 6.45) is -2.60. The maximum Gasteiger partial charge on any atom is 0.328 e. The maximum atomic E-state index is 12.6. The maximum absolute atomic E-state index is 12.6. The lowest BCUT2D eigenvalue weighted by Crippen LogP contribution is -2.58. The van der Waals surface area contributed by atoms with Crippen molar-refractivity contribution in [1.29, 1.82) is 0 Å². The minimum Gasteiger partial charge on any atom is -0.481 e. The molecule has 16 nitrogen and oxygen atoms in total. The van der Waals surface area contributed by atoms with E-state index in [9.17, 15) is 33.6 Å². The van der Waals surface area contributed by atoms with Gasteiger partial charge in [-0.25, -0.2) is 4.79 Å². The van der Waals surface area contributed by atoms with Crippen molar-refractivity contribution in [2.24, 2.45) is 11.5 Å². The van der Waals surface area contributed by atoms with E-state index < -0.39 is 98.0 Å². The van der Waals surface area contributed by atoms with Gasteiger partial charge in [-0.1, -0.05) is 0 Å². The van der Waals surface area contributed by atoms with E-state index in [4.69, 9.17) is 31.9 Å². The molecular formula is C17H27N5O11. The number of hydrogen-bond acceptors (Lipinski definition) is 9. The summed E-state index contributed by atoms with van der Waals surface area (Å²) in [6.45, 7) is -0.991. The molecule has 4 amide bonds. The molecule has 186 valence electrons. The van der Waals surface area contributed by atoms with Crippen LogP contribution in [0, 0.1) is 0 Å². The number of rotatable bonds is 16. The first-order chi connectivity index (χ1) is 15.3. The molecule has 0 aliphatic heterocycles. The molecule has 33 heavy (non-hydrogen) atoms. The quantitative estimate of drug-likeness (QED) is 0.101. The van der Waals surface area contributed by atoms with Gasteiger partial charge in [-0.2, -0.15) is 0 Å². The zero-order chi connectivity index (χ0) is 25.7. The number of carbonyl (C=O) groups excluding carboxylic acids is 4. The lowest BCUT2D eigenvalue weighted by Gasteiger charge is -2.24. The van der Waals surface area contributed by atoms with Crippen LogP contribution in [0.2, 0.25) is 0 Å². The SMILES string of the molecule is NC(=O)CC(NC(=O)C(N)CCC(=O)O)C(=O)NC(CCC(=O)O)C(=O)NC(CO)C(=O)O. The molecule has 4 atom stereocenters. The van der Waals surface area contributed by atoms with Gasteiger partial charge in [0.2, 0.25) is 23.6 Å². The second-order valence-corrected chi connectivity index (χ2v) is 6.85. The number of carboxylic acid groups (broad SMARTS) is 3. The number of aliphatic carboxylic acids is 3. The molecule has 4 unspecified atom stereocenters. The Kier molecular flexibility index (Phi) is 12.7. The molecular weight excluding hydrogens is 450 g/mol. The van der Waals surface area contributed by atoms with Crippen molar-refractivity contribution >= 4 is 41.5 Å². The number of nitrogens with two attached hydrogens (primary N) is 2. The van der Waals surface area contributed by atoms with E-state index in [2.05, 4.69) is 10.6 Å². The van der Waals surface area contributed by atoms with Crippen LogP contribution in [-0.2, 0) is 33.6 Å². The summed E-state index contributed by atoms with van der Waals surface area (Å²) in [4.78, 5) is 80.8. The summed E-state index contributed by atoms with van der Waals surface area (Å²) in [5.74, 6) is -8.47. The number of amides is 4. The van der Waals surface area contributed by atoms with Gasteiger partial charge in [0.1, 0.15) is 18.1 Å². The van der Waals surface area contributed by atoms with E-state index in [-0.39, 0.29) is 6.42 Å². The van der Waals surface area contributed by atoms with Gasteiger partial charge in [-0.15, -0.1) is 0 Å². The fraction of sp³-hybridized carbons (Fsp3) is 0.588. The average Bonchev–Trinajstić information content (AvgIpc) is 2.71. The van der Waals surface area contributed by atoms with Crippen molar-refractivity contribution in [2.45, 2.75) is 56.3 Å². The molecule has 0 saturated heterocycles. The van der Waals surface area contributed by atoms with Crippen molar-refractivity contribution in [3.05, 3.63) is 0 Å². The third kappa shape index (κ3) is 12.0. The highest BCUT2D eigenvalue weighted by Gasteiger charge is 2.31. The van der Waals surface area contributed by atoms with E-state index in [1.54, 1.807) is 0 Å². The molecule has 0 radical (unpaired) electrons. The van der Waals surface area contributed by atoms with Crippen LogP contribution in [-0.4, -0.2) is 92.7 Å². The predicted octanol–water partition coefficient (Wildman–Crippen LogP) is -4.55. The van der Waals surface area contributed by atoms with Crippen LogP contribution in [0.5, 0.6) is 0 Å². The molecule has 0 rings (SSSR count). The third-order valence-corrected chi connectivity index (χ3v) is 4.12. The minimum absolute atomic E-state index is 0.284. The number of aliphatic hydroxyl groups excluding tert-OH is 1. The first-order valence-corrected chi connectivity index (χ1v) is 9.50. The van der Waals surface area contributed by atoms with Crippen LogP contribution in [0.15, 0.2) is 0 Å². The Hall–Kier alpha value is -3.79. The molecule has 0 bridgehead atoms. The molecule has 0 aliphatic carbocycles. The number of aliphatic hydroxyl groups is 1. The van der Waals surface area contributed by atoms with Gasteiger partial charge in [0.15, 0.2) is 0 Å². The molecule has 0 heterocycles. The standard InChI is InChI=1S/C17H27N5O11/c18-7(1-3-12(25)26)14(29)21-9(5-11(19)24)16(31)20-8(2-4-13(27)28)15(30)22-10(6-23)17(32)33/h7-10,23H,1-6,18H2,(H2,19,24)(H,20,31)(H,21,29)(H,22,30)(H,25,26)(H,27,28)(H,32,33). The summed E-state index contributed by atoms with van der Waals surface area (Å²) in [5.41, 5.74) is 10.6. The Morgan fingerprint density at radius 3 is 1.61 bits per heavy atom. The topological polar surface area (TPSA) is 289 Å². The lowest BCUT2D eigenvalue weighted by atomic mass is 10.1. The summed E-state index contributed by atoms with van der Waals surface area (Å²) in [7, 11) is 0. The molecule has 11 N–H and O–H groups in total. The van der Waals surface area contributed by atoms with E-state index >= 15 is 0 Å². The van der Waals surface area contributed by atoms with Crippen molar-refractivity contribution in [2.75, 3.05) is 6.61 Å². The van der Waals surface area contributed by atoms with E-state index in [0.717, 1.165) is 0 Å². The van der Waals surface area contributed by atoms with Gasteiger partial charge in [-0.3, -0.25) is 28.8 Å². The van der Waals surface area contributed by atoms with Gasteiger partial charge in [-0.05, 0) is 12.8 Å². The first kappa shape index (κ1) is 29.2. The fourth-order valence-corrected chi connectivity index (χ4v) is 2.37. The molecule has 0 saturated carbocycles. The molecule has 0 fully saturated rings. The number of primary amides is 1. The highest BCUT2D eigenvalue weighted by molar-refractivity contribution is 5.96. The van der Waals surface area contributed by atoms with Gasteiger partial charge >= 0.3 is 17.9 Å². The first-order valence-electron chi connectivity index (χ1n) is 9.50. The largest absolute Gasteiger partial charge is 0.481 e. The average molecular weight is 477 g/mol. The van der Waals surface area contributed by atoms with E-state index in [1.807, 2.05) is 5.32 Å². The Bertz CT molecular complexity index is 772. The zero-order valence-corrected chi connectivity index (χ0v) is 17.4. The Morgan fingerprint density at radius 2 is 1.15 bits per heavy atom. The fourth-order valence-electron chi connectivity index (χ4n) is 2.37. The number of carboxylic acids is 3. The summed E-state index contributed by atoms with van der Waals surface area (Å²) >= 11 is 0. The van der Waals surface area contributed by atoms with Crippen molar-refractivity contribution in [3.8, 4) is 0 Å². The van der Waals surface area contributed by atoms with Crippen molar-refractivity contribution in [3.63, 3.8) is 0 Å². The van der Waals surface area contributed by atoms with Crippen LogP contribution >= 0.6 is 0 Å². The molecule has 0 spiro atoms. The van der Waals surface area contributed by atoms with Crippen LogP contribution < -0.4 is 27.4 Å². The summed E-state index contributed by atoms with van der Waals surface area (Å²) in [6, 6.07) is -6.36. The summed E-state index contributed by atoms with van der Waals surface area (Å²) < 4.78 is 0. The third-order valence-electron chi connectivity index (χ3n) is 4.12. The zero-order valence-electron chi connectivity index (χ0n) is 17.4. The van der Waals surface area contributed by atoms with Crippen molar-refractivity contribution < 1.29 is 54.0 Å². The van der Waals surface area contributed by atoms with E-state index in [0.29, 0.717) is 0 Å². The Labute approximate surface area is 186 Å². The number of hydrogen-bond donors (Lipinski definition) is 9. The summed E-state index contributed by atoms with van der Waals surface area (Å²) in [5, 5.41) is 41.5. The molecule has 0 aromatic carbocycles. The van der Waals surface area contributed by atoms with Crippen LogP contribution in [0.3, 0.4) is 0 Å². The van der Waals surface area contributed by atoms with E-state index in [1.165, 1.54) is 0 Å². The van der Waals surface area contributed by atoms with Crippen LogP contribution in [0.25, 0.3) is 0 Å². The smallest absolute Gasteiger partial charge is 0.328 e. The van der Waals surface area contributed by atoms with Crippen LogP contribution in [0.1, 0.15) is 32.1 Å². The normalized spacial score (nSPS) is 14.1. The molecule has 0 aromatic rings. The highest BCUT2D eigenvalue weighted by Crippen LogP contribution is 2.03. The lowest BCUT2D eigenvalue weighted by molar-refractivity contribution is -0.144. The van der Waals surface area contributed by atoms with Gasteiger partial charge in [0.25, 0.3) is 0 Å². The Morgan fingerprint density at radius 1 is 0.697 bits per heavy atom. The van der Waals surface area contributed by atoms with Crippen molar-refractivity contribution in [1.82, 2.24) is 16.0 Å². The monoisotopic (exact) mass is 477 g/mol. The minimum atomic E-state index is -1.74. The second-order valence-electron chi connectivity index (χ2n) is 6.85. The highest BCUT2D eigenvalue weighted by atomic mass is 16.4. The molecule has 0 aliphatic rings. The van der Waals surface area contributed by atoms with Gasteiger partial charge in [0.05, 0.1) is 19.1 Å². The van der Waals surface area contributed by atoms with Crippen LogP contribution in [0.4, 0.5) is 0 Å². The van der Waals surface area contributed by atoms with Gasteiger partial charge in [0, 0.05) is 12.8 Å². The molecule has 16 heteroatoms. The number of nitrogens with one attached hydrogen (secondary N) is 3. The van der Waals surface area contributed by atoms with Gasteiger partial charge < -0.3 is 47.8 Å². The number of carbonyl (C=O) groups is 7. The second kappa shape index (κ2) is 14.3. The predicted molar refractivity (Wildman–Crippen MR) is 106 cm³/mol. The Balaban J connectivity index is 5.47. The molecule has 0 aromatic heterocycles.